The van der Waals surface area contributed by atoms with Crippen molar-refractivity contribution in [2.75, 3.05) is 11.9 Å². The molecule has 5 heteroatoms. The first-order chi connectivity index (χ1) is 9.80. The number of hydrogen-bond acceptors (Lipinski definition) is 2. The highest BCUT2D eigenvalue weighted by Crippen LogP contribution is 2.52. The molecule has 3 unspecified atom stereocenters. The molecule has 1 aromatic rings. The lowest BCUT2D eigenvalue weighted by molar-refractivity contribution is -0.177. The number of fused-ring (bicyclic) bond motifs is 1. The van der Waals surface area contributed by atoms with E-state index in [2.05, 4.69) is 19.2 Å². The van der Waals surface area contributed by atoms with Crippen molar-refractivity contribution in [3.63, 3.8) is 0 Å². The van der Waals surface area contributed by atoms with Crippen LogP contribution in [-0.2, 0) is 10.9 Å². The fraction of sp³-hybridized carbons (Fsp3) is 0.625. The number of ether oxygens (including phenoxy) is 1. The second-order valence-corrected chi connectivity index (χ2v) is 6.62. The Balaban J connectivity index is 1.78. The molecule has 1 saturated carbocycles. The Bertz CT molecular complexity index is 526. The number of nitrogens with one attached hydrogen (secondary N) is 1. The number of rotatable bonds is 2. The lowest BCUT2D eigenvalue weighted by Gasteiger charge is -2.60. The molecule has 1 aliphatic carbocycles. The first kappa shape index (κ1) is 14.7. The van der Waals surface area contributed by atoms with Crippen molar-refractivity contribution in [2.45, 2.75) is 45.0 Å². The van der Waals surface area contributed by atoms with Crippen LogP contribution in [0.25, 0.3) is 0 Å². The average Bonchev–Trinajstić information content (AvgIpc) is 2.44. The molecular weight excluding hydrogens is 279 g/mol. The molecule has 0 spiro atoms. The van der Waals surface area contributed by atoms with E-state index < -0.39 is 11.7 Å². The molecule has 1 N–H and O–H groups in total. The van der Waals surface area contributed by atoms with Crippen molar-refractivity contribution in [3.8, 4) is 0 Å². The summed E-state index contributed by atoms with van der Waals surface area (Å²) in [4.78, 5) is 0. The average molecular weight is 299 g/mol. The molecule has 1 aliphatic heterocycles. The standard InChI is InChI=1S/C16H20F3NO/c1-15(2)13(12-7-4-8-21-14(12)15)20-11-6-3-5-10(9-11)16(17,18)19/h3,5-6,9,12-14,20H,4,7-8H2,1-2H3. The highest BCUT2D eigenvalue weighted by Gasteiger charge is 2.57. The lowest BCUT2D eigenvalue weighted by Crippen LogP contribution is -2.67. The van der Waals surface area contributed by atoms with Gasteiger partial charge in [0.2, 0.25) is 0 Å². The molecule has 0 aromatic heterocycles. The maximum atomic E-state index is 12.8. The normalized spacial score (nSPS) is 31.2. The molecule has 2 aliphatic rings. The summed E-state index contributed by atoms with van der Waals surface area (Å²) in [6.07, 6.45) is -1.99. The molecule has 116 valence electrons. The van der Waals surface area contributed by atoms with Crippen LogP contribution in [0.2, 0.25) is 0 Å². The number of benzene rings is 1. The fourth-order valence-electron chi connectivity index (χ4n) is 3.78. The summed E-state index contributed by atoms with van der Waals surface area (Å²) >= 11 is 0. The third-order valence-electron chi connectivity index (χ3n) is 4.84. The predicted molar refractivity (Wildman–Crippen MR) is 75.1 cm³/mol. The van der Waals surface area contributed by atoms with Gasteiger partial charge in [-0.3, -0.25) is 0 Å². The lowest BCUT2D eigenvalue weighted by atomic mass is 9.55. The van der Waals surface area contributed by atoms with E-state index in [1.54, 1.807) is 6.07 Å². The first-order valence-electron chi connectivity index (χ1n) is 7.35. The summed E-state index contributed by atoms with van der Waals surface area (Å²) in [5.41, 5.74) is -0.132. The van der Waals surface area contributed by atoms with E-state index in [1.165, 1.54) is 12.1 Å². The van der Waals surface area contributed by atoms with Gasteiger partial charge in [0, 0.05) is 29.7 Å². The maximum Gasteiger partial charge on any atom is 0.416 e. The maximum absolute atomic E-state index is 12.8. The van der Waals surface area contributed by atoms with E-state index in [1.807, 2.05) is 0 Å². The Hall–Kier alpha value is -1.23. The Morgan fingerprint density at radius 3 is 2.76 bits per heavy atom. The van der Waals surface area contributed by atoms with E-state index in [0.29, 0.717) is 11.6 Å². The Labute approximate surface area is 122 Å². The van der Waals surface area contributed by atoms with Crippen LogP contribution in [0.4, 0.5) is 18.9 Å². The molecule has 1 heterocycles. The van der Waals surface area contributed by atoms with Crippen molar-refractivity contribution in [2.24, 2.45) is 11.3 Å². The van der Waals surface area contributed by atoms with Gasteiger partial charge in [0.05, 0.1) is 11.7 Å². The van der Waals surface area contributed by atoms with Crippen LogP contribution in [0.3, 0.4) is 0 Å². The topological polar surface area (TPSA) is 21.3 Å². The van der Waals surface area contributed by atoms with E-state index >= 15 is 0 Å². The van der Waals surface area contributed by atoms with Gasteiger partial charge in [0.25, 0.3) is 0 Å². The van der Waals surface area contributed by atoms with Crippen LogP contribution < -0.4 is 5.32 Å². The van der Waals surface area contributed by atoms with Gasteiger partial charge in [0.1, 0.15) is 0 Å². The van der Waals surface area contributed by atoms with Gasteiger partial charge in [0.15, 0.2) is 0 Å². The second-order valence-electron chi connectivity index (χ2n) is 6.62. The quantitative estimate of drug-likeness (QED) is 0.878. The smallest absolute Gasteiger partial charge is 0.381 e. The monoisotopic (exact) mass is 299 g/mol. The summed E-state index contributed by atoms with van der Waals surface area (Å²) < 4.78 is 44.1. The van der Waals surface area contributed by atoms with Gasteiger partial charge >= 0.3 is 6.18 Å². The SMILES string of the molecule is CC1(C)C(Nc2cccc(C(F)(F)F)c2)C2CCCOC21. The van der Waals surface area contributed by atoms with Crippen LogP contribution in [0.15, 0.2) is 24.3 Å². The fourth-order valence-corrected chi connectivity index (χ4v) is 3.78. The van der Waals surface area contributed by atoms with Crippen LogP contribution in [0.5, 0.6) is 0 Å². The molecule has 3 atom stereocenters. The Kier molecular flexibility index (Phi) is 3.43. The third-order valence-corrected chi connectivity index (χ3v) is 4.84. The van der Waals surface area contributed by atoms with Crippen molar-refractivity contribution in [1.29, 1.82) is 0 Å². The number of alkyl halides is 3. The Morgan fingerprint density at radius 2 is 2.05 bits per heavy atom. The molecule has 2 fully saturated rings. The molecule has 0 radical (unpaired) electrons. The van der Waals surface area contributed by atoms with Crippen molar-refractivity contribution in [1.82, 2.24) is 0 Å². The van der Waals surface area contributed by atoms with Gasteiger partial charge in [-0.1, -0.05) is 19.9 Å². The van der Waals surface area contributed by atoms with Crippen molar-refractivity contribution in [3.05, 3.63) is 29.8 Å². The molecule has 21 heavy (non-hydrogen) atoms. The van der Waals surface area contributed by atoms with Gasteiger partial charge in [-0.15, -0.1) is 0 Å². The molecular formula is C16H20F3NO. The highest BCUT2D eigenvalue weighted by molar-refractivity contribution is 5.49. The van der Waals surface area contributed by atoms with Crippen LogP contribution in [-0.4, -0.2) is 18.8 Å². The van der Waals surface area contributed by atoms with E-state index in [4.69, 9.17) is 4.74 Å². The molecule has 0 bridgehead atoms. The van der Waals surface area contributed by atoms with Crippen LogP contribution in [0, 0.1) is 11.3 Å². The van der Waals surface area contributed by atoms with Gasteiger partial charge in [-0.2, -0.15) is 13.2 Å². The Morgan fingerprint density at radius 1 is 1.29 bits per heavy atom. The summed E-state index contributed by atoms with van der Waals surface area (Å²) in [6, 6.07) is 5.59. The molecule has 1 saturated heterocycles. The minimum Gasteiger partial charge on any atom is -0.381 e. The van der Waals surface area contributed by atoms with Crippen molar-refractivity contribution >= 4 is 5.69 Å². The van der Waals surface area contributed by atoms with Gasteiger partial charge < -0.3 is 10.1 Å². The zero-order chi connectivity index (χ0) is 15.3. The minimum absolute atomic E-state index is 0.0562. The zero-order valence-electron chi connectivity index (χ0n) is 12.2. The van der Waals surface area contributed by atoms with E-state index in [-0.39, 0.29) is 17.6 Å². The zero-order valence-corrected chi connectivity index (χ0v) is 12.2. The van der Waals surface area contributed by atoms with Crippen LogP contribution in [0.1, 0.15) is 32.3 Å². The molecule has 2 nitrogen and oxygen atoms in total. The second kappa shape index (κ2) is 4.90. The molecule has 0 amide bonds. The van der Waals surface area contributed by atoms with Crippen molar-refractivity contribution < 1.29 is 17.9 Å². The largest absolute Gasteiger partial charge is 0.416 e. The predicted octanol–water partition coefficient (Wildman–Crippen LogP) is 4.32. The summed E-state index contributed by atoms with van der Waals surface area (Å²) in [6.45, 7) is 5.02. The van der Waals surface area contributed by atoms with E-state index in [9.17, 15) is 13.2 Å². The summed E-state index contributed by atoms with van der Waals surface area (Å²) in [7, 11) is 0. The van der Waals surface area contributed by atoms with Crippen LogP contribution >= 0.6 is 0 Å². The molecule has 3 rings (SSSR count). The van der Waals surface area contributed by atoms with Gasteiger partial charge in [-0.05, 0) is 31.0 Å². The number of hydrogen-bond donors (Lipinski definition) is 1. The molecule has 1 aromatic carbocycles. The first-order valence-corrected chi connectivity index (χ1v) is 7.35. The summed E-state index contributed by atoms with van der Waals surface area (Å²) in [5, 5.41) is 3.30. The third kappa shape index (κ3) is 2.52. The number of anilines is 1. The highest BCUT2D eigenvalue weighted by atomic mass is 19.4. The van der Waals surface area contributed by atoms with Gasteiger partial charge in [-0.25, -0.2) is 0 Å². The van der Waals surface area contributed by atoms with E-state index in [0.717, 1.165) is 25.5 Å². The minimum atomic E-state index is -4.30. The number of halogens is 3. The summed E-state index contributed by atoms with van der Waals surface area (Å²) in [5.74, 6) is 0.392.